The fourth-order valence-corrected chi connectivity index (χ4v) is 2.46. The highest BCUT2D eigenvalue weighted by atomic mass is 19.4. The molecule has 0 aliphatic carbocycles. The first-order valence-electron chi connectivity index (χ1n) is 6.66. The maximum absolute atomic E-state index is 13.9. The van der Waals surface area contributed by atoms with Crippen LogP contribution in [0, 0.1) is 11.7 Å². The summed E-state index contributed by atoms with van der Waals surface area (Å²) in [5.74, 6) is -2.01. The van der Waals surface area contributed by atoms with Crippen molar-refractivity contribution in [1.29, 1.82) is 0 Å². The van der Waals surface area contributed by atoms with Gasteiger partial charge in [0.25, 0.3) is 5.91 Å². The molecule has 1 aliphatic rings. The summed E-state index contributed by atoms with van der Waals surface area (Å²) >= 11 is 0. The van der Waals surface area contributed by atoms with Crippen LogP contribution in [0.1, 0.15) is 29.3 Å². The van der Waals surface area contributed by atoms with E-state index in [-0.39, 0.29) is 6.04 Å². The van der Waals surface area contributed by atoms with Crippen molar-refractivity contribution in [3.63, 3.8) is 0 Å². The van der Waals surface area contributed by atoms with Gasteiger partial charge in [0.15, 0.2) is 0 Å². The van der Waals surface area contributed by atoms with Gasteiger partial charge in [-0.15, -0.1) is 0 Å². The third-order valence-electron chi connectivity index (χ3n) is 3.45. The van der Waals surface area contributed by atoms with E-state index in [2.05, 4.69) is 10.6 Å². The third-order valence-corrected chi connectivity index (χ3v) is 3.45. The number of carbonyl (C=O) groups is 1. The molecule has 3 nitrogen and oxygen atoms in total. The van der Waals surface area contributed by atoms with E-state index < -0.39 is 29.0 Å². The van der Waals surface area contributed by atoms with Crippen LogP contribution in [-0.4, -0.2) is 25.0 Å². The second-order valence-electron chi connectivity index (χ2n) is 5.33. The van der Waals surface area contributed by atoms with Gasteiger partial charge in [-0.2, -0.15) is 13.2 Å². The molecule has 0 radical (unpaired) electrons. The average molecular weight is 304 g/mol. The molecule has 1 aromatic carbocycles. The zero-order valence-electron chi connectivity index (χ0n) is 11.4. The highest BCUT2D eigenvalue weighted by Gasteiger charge is 2.36. The van der Waals surface area contributed by atoms with Gasteiger partial charge in [-0.25, -0.2) is 4.39 Å². The average Bonchev–Trinajstić information content (AvgIpc) is 2.37. The number of rotatable bonds is 2. The summed E-state index contributed by atoms with van der Waals surface area (Å²) in [6, 6.07) is 2.49. The van der Waals surface area contributed by atoms with Crippen molar-refractivity contribution in [2.45, 2.75) is 25.6 Å². The largest absolute Gasteiger partial charge is 0.419 e. The number of hydrogen-bond donors (Lipinski definition) is 2. The summed E-state index contributed by atoms with van der Waals surface area (Å²) in [5, 5.41) is 5.68. The van der Waals surface area contributed by atoms with E-state index in [1.165, 1.54) is 0 Å². The molecule has 1 heterocycles. The minimum absolute atomic E-state index is 0.213. The quantitative estimate of drug-likeness (QED) is 0.825. The SMILES string of the molecule is CC1CNCC(NC(=O)c2cccc(C(F)(F)F)c2F)C1. The van der Waals surface area contributed by atoms with Crippen LogP contribution in [0.15, 0.2) is 18.2 Å². The van der Waals surface area contributed by atoms with Crippen molar-refractivity contribution in [3.05, 3.63) is 35.1 Å². The maximum atomic E-state index is 13.9. The standard InChI is InChI=1S/C14H16F4N2O/c1-8-5-9(7-19-6-8)20-13(21)10-3-2-4-11(12(10)15)14(16,17)18/h2-4,8-9,19H,5-7H2,1H3,(H,20,21). The minimum Gasteiger partial charge on any atom is -0.348 e. The highest BCUT2D eigenvalue weighted by Crippen LogP contribution is 2.32. The van der Waals surface area contributed by atoms with Crippen LogP contribution in [0.3, 0.4) is 0 Å². The molecule has 1 aliphatic heterocycles. The molecule has 1 aromatic rings. The Labute approximate surface area is 119 Å². The summed E-state index contributed by atoms with van der Waals surface area (Å²) in [7, 11) is 0. The van der Waals surface area contributed by atoms with Gasteiger partial charge in [0.2, 0.25) is 0 Å². The van der Waals surface area contributed by atoms with Gasteiger partial charge in [-0.1, -0.05) is 13.0 Å². The highest BCUT2D eigenvalue weighted by molar-refractivity contribution is 5.94. The smallest absolute Gasteiger partial charge is 0.348 e. The first kappa shape index (κ1) is 15.8. The van der Waals surface area contributed by atoms with Gasteiger partial charge in [0.1, 0.15) is 5.82 Å². The lowest BCUT2D eigenvalue weighted by molar-refractivity contribution is -0.140. The Hall–Kier alpha value is -1.63. The van der Waals surface area contributed by atoms with Crippen LogP contribution < -0.4 is 10.6 Å². The molecule has 2 rings (SSSR count). The Morgan fingerprint density at radius 2 is 2.05 bits per heavy atom. The van der Waals surface area contributed by atoms with Crippen LogP contribution >= 0.6 is 0 Å². The third kappa shape index (κ3) is 3.72. The van der Waals surface area contributed by atoms with Gasteiger partial charge in [-0.05, 0) is 31.0 Å². The van der Waals surface area contributed by atoms with Crippen LogP contribution in [0.25, 0.3) is 0 Å². The van der Waals surface area contributed by atoms with Gasteiger partial charge >= 0.3 is 6.18 Å². The van der Waals surface area contributed by atoms with Crippen molar-refractivity contribution >= 4 is 5.91 Å². The van der Waals surface area contributed by atoms with Gasteiger partial charge in [-0.3, -0.25) is 4.79 Å². The first-order chi connectivity index (χ1) is 9.79. The van der Waals surface area contributed by atoms with Crippen molar-refractivity contribution < 1.29 is 22.4 Å². The van der Waals surface area contributed by atoms with E-state index in [9.17, 15) is 22.4 Å². The lowest BCUT2D eigenvalue weighted by Crippen LogP contribution is -2.48. The summed E-state index contributed by atoms with van der Waals surface area (Å²) in [6.45, 7) is 3.34. The number of nitrogens with one attached hydrogen (secondary N) is 2. The van der Waals surface area contributed by atoms with Crippen molar-refractivity contribution in [2.24, 2.45) is 5.92 Å². The lowest BCUT2D eigenvalue weighted by atomic mass is 9.97. The summed E-state index contributed by atoms with van der Waals surface area (Å²) in [4.78, 5) is 12.0. The predicted molar refractivity (Wildman–Crippen MR) is 69.3 cm³/mol. The Balaban J connectivity index is 2.16. The Bertz CT molecular complexity index is 530. The van der Waals surface area contributed by atoms with Crippen LogP contribution in [0.4, 0.5) is 17.6 Å². The number of amides is 1. The second-order valence-corrected chi connectivity index (χ2v) is 5.33. The summed E-state index contributed by atoms with van der Waals surface area (Å²) in [6.07, 6.45) is -4.11. The predicted octanol–water partition coefficient (Wildman–Crippen LogP) is 2.57. The van der Waals surface area contributed by atoms with E-state index in [1.807, 2.05) is 6.92 Å². The minimum atomic E-state index is -4.82. The van der Waals surface area contributed by atoms with Gasteiger partial charge in [0.05, 0.1) is 11.1 Å². The molecule has 116 valence electrons. The van der Waals surface area contributed by atoms with Crippen LogP contribution in [0.2, 0.25) is 0 Å². The number of hydrogen-bond acceptors (Lipinski definition) is 2. The molecule has 2 atom stereocenters. The lowest BCUT2D eigenvalue weighted by Gasteiger charge is -2.28. The Morgan fingerprint density at radius 3 is 2.67 bits per heavy atom. The van der Waals surface area contributed by atoms with E-state index in [1.54, 1.807) is 0 Å². The molecular weight excluding hydrogens is 288 g/mol. The molecule has 0 aromatic heterocycles. The molecular formula is C14H16F4N2O. The van der Waals surface area contributed by atoms with Crippen molar-refractivity contribution in [2.75, 3.05) is 13.1 Å². The summed E-state index contributed by atoms with van der Waals surface area (Å²) in [5.41, 5.74) is -2.01. The molecule has 2 N–H and O–H groups in total. The first-order valence-corrected chi connectivity index (χ1v) is 6.66. The van der Waals surface area contributed by atoms with Crippen LogP contribution in [0.5, 0.6) is 0 Å². The normalized spacial score (nSPS) is 22.9. The molecule has 2 unspecified atom stereocenters. The fourth-order valence-electron chi connectivity index (χ4n) is 2.46. The number of benzene rings is 1. The molecule has 0 saturated carbocycles. The molecule has 0 bridgehead atoms. The molecule has 1 fully saturated rings. The van der Waals surface area contributed by atoms with E-state index >= 15 is 0 Å². The van der Waals surface area contributed by atoms with E-state index in [0.29, 0.717) is 24.9 Å². The van der Waals surface area contributed by atoms with Crippen molar-refractivity contribution in [1.82, 2.24) is 10.6 Å². The monoisotopic (exact) mass is 304 g/mol. The summed E-state index contributed by atoms with van der Waals surface area (Å²) < 4.78 is 51.7. The number of alkyl halides is 3. The van der Waals surface area contributed by atoms with Gasteiger partial charge < -0.3 is 10.6 Å². The zero-order chi connectivity index (χ0) is 15.6. The number of piperidine rings is 1. The molecule has 21 heavy (non-hydrogen) atoms. The zero-order valence-corrected chi connectivity index (χ0v) is 11.4. The maximum Gasteiger partial charge on any atom is 0.419 e. The van der Waals surface area contributed by atoms with E-state index in [0.717, 1.165) is 18.7 Å². The Kier molecular flexibility index (Phi) is 4.51. The van der Waals surface area contributed by atoms with Gasteiger partial charge in [0, 0.05) is 12.6 Å². The molecule has 0 spiro atoms. The molecule has 7 heteroatoms. The molecule has 1 amide bonds. The Morgan fingerprint density at radius 1 is 1.33 bits per heavy atom. The topological polar surface area (TPSA) is 41.1 Å². The number of carbonyl (C=O) groups excluding carboxylic acids is 1. The number of halogens is 4. The van der Waals surface area contributed by atoms with Crippen LogP contribution in [-0.2, 0) is 6.18 Å². The van der Waals surface area contributed by atoms with Crippen molar-refractivity contribution in [3.8, 4) is 0 Å². The van der Waals surface area contributed by atoms with E-state index in [4.69, 9.17) is 0 Å². The fraction of sp³-hybridized carbons (Fsp3) is 0.500. The molecule has 1 saturated heterocycles. The second kappa shape index (κ2) is 6.01.